The maximum absolute atomic E-state index is 13.2. The molecular formula is C15H13FN2O2S. The molecule has 0 spiro atoms. The van der Waals surface area contributed by atoms with Gasteiger partial charge in [0, 0.05) is 11.3 Å². The summed E-state index contributed by atoms with van der Waals surface area (Å²) in [5, 5.41) is 2.87. The van der Waals surface area contributed by atoms with E-state index in [9.17, 15) is 14.0 Å². The first-order valence-electron chi connectivity index (χ1n) is 6.57. The summed E-state index contributed by atoms with van der Waals surface area (Å²) >= 11 is 1.53. The maximum atomic E-state index is 13.2. The van der Waals surface area contributed by atoms with Gasteiger partial charge in [0.2, 0.25) is 0 Å². The number of halogens is 1. The normalized spacial score (nSPS) is 14.2. The van der Waals surface area contributed by atoms with Gasteiger partial charge in [0.1, 0.15) is 5.82 Å². The fourth-order valence-corrected chi connectivity index (χ4v) is 3.08. The zero-order chi connectivity index (χ0) is 15.1. The Bertz CT molecular complexity index is 739. The number of ketones is 1. The lowest BCUT2D eigenvalue weighted by Gasteiger charge is -2.14. The largest absolute Gasteiger partial charge is 0.299 e. The molecule has 0 fully saturated rings. The van der Waals surface area contributed by atoms with E-state index in [0.717, 1.165) is 16.8 Å². The van der Waals surface area contributed by atoms with Crippen LogP contribution in [-0.4, -0.2) is 16.7 Å². The van der Waals surface area contributed by atoms with E-state index in [4.69, 9.17) is 0 Å². The number of anilines is 1. The van der Waals surface area contributed by atoms with Crippen molar-refractivity contribution in [3.8, 4) is 0 Å². The number of thiazole rings is 1. The summed E-state index contributed by atoms with van der Waals surface area (Å²) in [6.45, 7) is 4.32. The molecule has 0 saturated heterocycles. The van der Waals surface area contributed by atoms with Crippen LogP contribution in [0.3, 0.4) is 0 Å². The highest BCUT2D eigenvalue weighted by molar-refractivity contribution is 7.09. The van der Waals surface area contributed by atoms with Crippen LogP contribution in [-0.2, 0) is 11.3 Å². The molecule has 21 heavy (non-hydrogen) atoms. The van der Waals surface area contributed by atoms with E-state index in [1.54, 1.807) is 0 Å². The molecular weight excluding hydrogens is 291 g/mol. The SMILES string of the molecule is CC(C)c1nc(CN2C(=O)C(=O)c3cc(F)ccc32)cs1. The number of carbonyl (C=O) groups excluding carboxylic acids is 2. The Morgan fingerprint density at radius 1 is 1.33 bits per heavy atom. The first kappa shape index (κ1) is 13.9. The summed E-state index contributed by atoms with van der Waals surface area (Å²) in [4.78, 5) is 29.8. The van der Waals surface area contributed by atoms with E-state index in [2.05, 4.69) is 4.98 Å². The number of hydrogen-bond acceptors (Lipinski definition) is 4. The minimum atomic E-state index is -0.663. The monoisotopic (exact) mass is 304 g/mol. The van der Waals surface area contributed by atoms with Gasteiger partial charge >= 0.3 is 0 Å². The van der Waals surface area contributed by atoms with Crippen LogP contribution in [0.15, 0.2) is 23.6 Å². The van der Waals surface area contributed by atoms with Gasteiger partial charge in [-0.3, -0.25) is 14.5 Å². The summed E-state index contributed by atoms with van der Waals surface area (Å²) < 4.78 is 13.2. The Hall–Kier alpha value is -2.08. The molecule has 0 radical (unpaired) electrons. The highest BCUT2D eigenvalue weighted by atomic mass is 32.1. The summed E-state index contributed by atoms with van der Waals surface area (Å²) in [6, 6.07) is 3.82. The number of carbonyl (C=O) groups is 2. The molecule has 1 aromatic heterocycles. The number of rotatable bonds is 3. The van der Waals surface area contributed by atoms with Crippen LogP contribution < -0.4 is 4.90 Å². The number of amides is 1. The topological polar surface area (TPSA) is 50.3 Å². The van der Waals surface area contributed by atoms with Gasteiger partial charge in [-0.1, -0.05) is 13.8 Å². The molecule has 2 heterocycles. The lowest BCUT2D eigenvalue weighted by Crippen LogP contribution is -2.29. The highest BCUT2D eigenvalue weighted by Gasteiger charge is 2.36. The quantitative estimate of drug-likeness (QED) is 0.819. The zero-order valence-corrected chi connectivity index (χ0v) is 12.4. The van der Waals surface area contributed by atoms with E-state index in [-0.39, 0.29) is 12.1 Å². The number of Topliss-reactive ketones (excluding diaryl/α,β-unsaturated/α-hetero) is 1. The zero-order valence-electron chi connectivity index (χ0n) is 11.6. The number of fused-ring (bicyclic) bond motifs is 1. The number of aromatic nitrogens is 1. The average molecular weight is 304 g/mol. The van der Waals surface area contributed by atoms with E-state index >= 15 is 0 Å². The predicted octanol–water partition coefficient (Wildman–Crippen LogP) is 3.14. The van der Waals surface area contributed by atoms with Crippen LogP contribution in [0.1, 0.15) is 40.8 Å². The number of nitrogens with zero attached hydrogens (tertiary/aromatic N) is 2. The van der Waals surface area contributed by atoms with Gasteiger partial charge in [-0.05, 0) is 18.2 Å². The molecule has 2 aromatic rings. The molecule has 1 aliphatic rings. The molecule has 4 nitrogen and oxygen atoms in total. The van der Waals surface area contributed by atoms with Crippen molar-refractivity contribution < 1.29 is 14.0 Å². The van der Waals surface area contributed by atoms with Gasteiger partial charge in [0.05, 0.1) is 28.5 Å². The molecule has 0 aliphatic carbocycles. The third-order valence-electron chi connectivity index (χ3n) is 3.32. The van der Waals surface area contributed by atoms with Gasteiger partial charge in [-0.2, -0.15) is 0 Å². The molecule has 108 valence electrons. The predicted molar refractivity (Wildman–Crippen MR) is 78.1 cm³/mol. The number of hydrogen-bond donors (Lipinski definition) is 0. The Labute approximate surface area is 125 Å². The van der Waals surface area contributed by atoms with Crippen molar-refractivity contribution in [1.82, 2.24) is 4.98 Å². The van der Waals surface area contributed by atoms with E-state index in [1.807, 2.05) is 19.2 Å². The molecule has 0 unspecified atom stereocenters. The highest BCUT2D eigenvalue weighted by Crippen LogP contribution is 2.31. The fraction of sp³-hybridized carbons (Fsp3) is 0.267. The van der Waals surface area contributed by atoms with Crippen LogP contribution in [0.4, 0.5) is 10.1 Å². The van der Waals surface area contributed by atoms with Gasteiger partial charge < -0.3 is 0 Å². The molecule has 0 bridgehead atoms. The van der Waals surface area contributed by atoms with Crippen molar-refractivity contribution in [2.75, 3.05) is 4.90 Å². The van der Waals surface area contributed by atoms with Gasteiger partial charge in [-0.25, -0.2) is 9.37 Å². The van der Waals surface area contributed by atoms with Crippen LogP contribution >= 0.6 is 11.3 Å². The standard InChI is InChI=1S/C15H13FN2O2S/c1-8(2)14-17-10(7-21-14)6-18-12-4-3-9(16)5-11(12)13(19)15(18)20/h3-5,7-8H,6H2,1-2H3. The van der Waals surface area contributed by atoms with Crippen molar-refractivity contribution in [3.63, 3.8) is 0 Å². The van der Waals surface area contributed by atoms with Gasteiger partial charge in [0.15, 0.2) is 0 Å². The van der Waals surface area contributed by atoms with Gasteiger partial charge in [0.25, 0.3) is 11.7 Å². The summed E-state index contributed by atoms with van der Waals surface area (Å²) in [5.74, 6) is -1.49. The second kappa shape index (κ2) is 5.04. The van der Waals surface area contributed by atoms with Crippen LogP contribution in [0, 0.1) is 5.82 Å². The fourth-order valence-electron chi connectivity index (χ4n) is 2.25. The van der Waals surface area contributed by atoms with Crippen LogP contribution in [0.5, 0.6) is 0 Å². The minimum absolute atomic E-state index is 0.124. The van der Waals surface area contributed by atoms with Crippen molar-refractivity contribution >= 4 is 28.7 Å². The van der Waals surface area contributed by atoms with Crippen LogP contribution in [0.25, 0.3) is 0 Å². The van der Waals surface area contributed by atoms with Crippen LogP contribution in [0.2, 0.25) is 0 Å². The summed E-state index contributed by atoms with van der Waals surface area (Å²) in [5.41, 5.74) is 1.31. The third kappa shape index (κ3) is 2.35. The Morgan fingerprint density at radius 3 is 2.76 bits per heavy atom. The lowest BCUT2D eigenvalue weighted by molar-refractivity contribution is -0.114. The lowest BCUT2D eigenvalue weighted by atomic mass is 10.1. The second-order valence-corrected chi connectivity index (χ2v) is 6.10. The Balaban J connectivity index is 1.92. The molecule has 3 rings (SSSR count). The first-order chi connectivity index (χ1) is 9.97. The Kier molecular flexibility index (Phi) is 3.33. The molecule has 0 atom stereocenters. The molecule has 1 amide bonds. The minimum Gasteiger partial charge on any atom is -0.299 e. The summed E-state index contributed by atoms with van der Waals surface area (Å²) in [7, 11) is 0. The molecule has 6 heteroatoms. The smallest absolute Gasteiger partial charge is 0.299 e. The Morgan fingerprint density at radius 2 is 2.10 bits per heavy atom. The van der Waals surface area contributed by atoms with E-state index < -0.39 is 17.5 Å². The van der Waals surface area contributed by atoms with Crippen molar-refractivity contribution in [2.45, 2.75) is 26.3 Å². The van der Waals surface area contributed by atoms with Gasteiger partial charge in [-0.15, -0.1) is 11.3 Å². The van der Waals surface area contributed by atoms with Crippen molar-refractivity contribution in [3.05, 3.63) is 45.7 Å². The second-order valence-electron chi connectivity index (χ2n) is 5.21. The van der Waals surface area contributed by atoms with E-state index in [0.29, 0.717) is 11.6 Å². The molecule has 0 N–H and O–H groups in total. The molecule has 1 aromatic carbocycles. The summed E-state index contributed by atoms with van der Waals surface area (Å²) in [6.07, 6.45) is 0. The maximum Gasteiger partial charge on any atom is 0.299 e. The van der Waals surface area contributed by atoms with E-state index in [1.165, 1.54) is 28.4 Å². The average Bonchev–Trinajstić information content (AvgIpc) is 2.99. The van der Waals surface area contributed by atoms with Crippen molar-refractivity contribution in [2.24, 2.45) is 0 Å². The molecule has 1 aliphatic heterocycles. The van der Waals surface area contributed by atoms with Crippen molar-refractivity contribution in [1.29, 1.82) is 0 Å². The number of benzene rings is 1. The third-order valence-corrected chi connectivity index (χ3v) is 4.51. The first-order valence-corrected chi connectivity index (χ1v) is 7.45. The molecule has 0 saturated carbocycles.